The molecule has 1 nitrogen and oxygen atoms in total. The SMILES string of the molecule is Fc1cc(F)c(OCC2CSc3ccccc32)c(Br)c1. The van der Waals surface area contributed by atoms with Gasteiger partial charge in [0.25, 0.3) is 0 Å². The minimum Gasteiger partial charge on any atom is -0.489 e. The van der Waals surface area contributed by atoms with Gasteiger partial charge in [-0.25, -0.2) is 8.78 Å². The van der Waals surface area contributed by atoms with Crippen LogP contribution in [0, 0.1) is 11.6 Å². The fraction of sp³-hybridized carbons (Fsp3) is 0.200. The predicted octanol–water partition coefficient (Wildman–Crippen LogP) is 5.00. The number of benzene rings is 2. The van der Waals surface area contributed by atoms with Crippen LogP contribution < -0.4 is 4.74 Å². The highest BCUT2D eigenvalue weighted by Gasteiger charge is 2.24. The normalized spacial score (nSPS) is 17.1. The zero-order valence-corrected chi connectivity index (χ0v) is 12.8. The van der Waals surface area contributed by atoms with Crippen molar-refractivity contribution < 1.29 is 13.5 Å². The van der Waals surface area contributed by atoms with E-state index in [2.05, 4.69) is 28.1 Å². The average Bonchev–Trinajstić information content (AvgIpc) is 2.81. The van der Waals surface area contributed by atoms with Gasteiger partial charge in [-0.15, -0.1) is 11.8 Å². The number of rotatable bonds is 3. The van der Waals surface area contributed by atoms with E-state index in [1.807, 2.05) is 12.1 Å². The molecule has 0 aliphatic carbocycles. The van der Waals surface area contributed by atoms with E-state index in [1.54, 1.807) is 11.8 Å². The van der Waals surface area contributed by atoms with Crippen molar-refractivity contribution in [1.82, 2.24) is 0 Å². The van der Waals surface area contributed by atoms with Gasteiger partial charge in [0.05, 0.1) is 11.1 Å². The lowest BCUT2D eigenvalue weighted by atomic mass is 10.0. The predicted molar refractivity (Wildman–Crippen MR) is 79.5 cm³/mol. The van der Waals surface area contributed by atoms with Crippen LogP contribution in [0.25, 0.3) is 0 Å². The second-order valence-corrected chi connectivity index (χ2v) is 6.47. The van der Waals surface area contributed by atoms with Crippen LogP contribution >= 0.6 is 27.7 Å². The third-order valence-corrected chi connectivity index (χ3v) is 5.03. The number of thioether (sulfide) groups is 1. The van der Waals surface area contributed by atoms with Gasteiger partial charge in [-0.2, -0.15) is 0 Å². The minimum atomic E-state index is -0.684. The van der Waals surface area contributed by atoms with Crippen LogP contribution in [-0.4, -0.2) is 12.4 Å². The summed E-state index contributed by atoms with van der Waals surface area (Å²) in [6.07, 6.45) is 0. The first-order valence-corrected chi connectivity index (χ1v) is 7.92. The first kappa shape index (κ1) is 13.9. The lowest BCUT2D eigenvalue weighted by molar-refractivity contribution is 0.281. The molecule has 1 heterocycles. The molecule has 0 spiro atoms. The van der Waals surface area contributed by atoms with Crippen LogP contribution in [0.3, 0.4) is 0 Å². The molecular weight excluding hydrogens is 346 g/mol. The lowest BCUT2D eigenvalue weighted by Crippen LogP contribution is -2.11. The molecule has 1 unspecified atom stereocenters. The topological polar surface area (TPSA) is 9.23 Å². The van der Waals surface area contributed by atoms with Crippen molar-refractivity contribution in [2.24, 2.45) is 0 Å². The minimum absolute atomic E-state index is 0.0702. The Morgan fingerprint density at radius 3 is 2.85 bits per heavy atom. The van der Waals surface area contributed by atoms with E-state index in [-0.39, 0.29) is 11.7 Å². The summed E-state index contributed by atoms with van der Waals surface area (Å²) in [6.45, 7) is 0.380. The molecule has 0 saturated heterocycles. The van der Waals surface area contributed by atoms with Crippen molar-refractivity contribution in [1.29, 1.82) is 0 Å². The molecule has 1 aliphatic rings. The zero-order valence-electron chi connectivity index (χ0n) is 10.4. The number of halogens is 3. The van der Waals surface area contributed by atoms with Gasteiger partial charge in [-0.1, -0.05) is 18.2 Å². The number of fused-ring (bicyclic) bond motifs is 1. The average molecular weight is 357 g/mol. The van der Waals surface area contributed by atoms with E-state index in [0.29, 0.717) is 11.1 Å². The van der Waals surface area contributed by atoms with Crippen molar-refractivity contribution in [3.8, 4) is 5.75 Å². The summed E-state index contributed by atoms with van der Waals surface area (Å²) in [4.78, 5) is 1.25. The number of hydrogen-bond acceptors (Lipinski definition) is 2. The van der Waals surface area contributed by atoms with Gasteiger partial charge >= 0.3 is 0 Å². The molecule has 3 rings (SSSR count). The molecule has 20 heavy (non-hydrogen) atoms. The maximum atomic E-state index is 13.7. The van der Waals surface area contributed by atoms with Gasteiger partial charge in [0.15, 0.2) is 11.6 Å². The summed E-state index contributed by atoms with van der Waals surface area (Å²) in [6, 6.07) is 10.2. The summed E-state index contributed by atoms with van der Waals surface area (Å²) in [5.41, 5.74) is 1.23. The van der Waals surface area contributed by atoms with Gasteiger partial charge in [-0.05, 0) is 33.6 Å². The highest BCUT2D eigenvalue weighted by atomic mass is 79.9. The van der Waals surface area contributed by atoms with E-state index in [0.717, 1.165) is 11.8 Å². The fourth-order valence-electron chi connectivity index (χ4n) is 2.22. The molecule has 0 aromatic heterocycles. The second-order valence-electron chi connectivity index (χ2n) is 4.56. The van der Waals surface area contributed by atoms with Crippen molar-refractivity contribution in [3.63, 3.8) is 0 Å². The molecule has 0 amide bonds. The largest absolute Gasteiger partial charge is 0.489 e. The number of hydrogen-bond donors (Lipinski definition) is 0. The second kappa shape index (κ2) is 5.74. The van der Waals surface area contributed by atoms with E-state index >= 15 is 0 Å². The molecule has 1 aliphatic heterocycles. The van der Waals surface area contributed by atoms with Crippen LogP contribution in [0.5, 0.6) is 5.75 Å². The standard InChI is InChI=1S/C15H11BrF2OS/c16-12-5-10(17)6-13(18)15(12)19-7-9-8-20-14-4-2-1-3-11(9)14/h1-6,9H,7-8H2. The smallest absolute Gasteiger partial charge is 0.169 e. The van der Waals surface area contributed by atoms with Crippen molar-refractivity contribution >= 4 is 27.7 Å². The molecule has 0 N–H and O–H groups in total. The van der Waals surface area contributed by atoms with Gasteiger partial charge in [0, 0.05) is 22.6 Å². The Morgan fingerprint density at radius 1 is 1.25 bits per heavy atom. The molecule has 104 valence electrons. The third-order valence-electron chi connectivity index (χ3n) is 3.19. The Hall–Kier alpha value is -1.07. The van der Waals surface area contributed by atoms with Crippen LogP contribution in [-0.2, 0) is 0 Å². The Morgan fingerprint density at radius 2 is 2.05 bits per heavy atom. The summed E-state index contributed by atoms with van der Waals surface area (Å²) in [7, 11) is 0. The summed E-state index contributed by atoms with van der Waals surface area (Å²) in [5.74, 6) is -0.0904. The Bertz CT molecular complexity index is 625. The summed E-state index contributed by atoms with van der Waals surface area (Å²) >= 11 is 4.91. The van der Waals surface area contributed by atoms with Crippen LogP contribution in [0.15, 0.2) is 45.8 Å². The Kier molecular flexibility index (Phi) is 3.98. The fourth-order valence-corrected chi connectivity index (χ4v) is 3.97. The van der Waals surface area contributed by atoms with Gasteiger partial charge in [0.2, 0.25) is 0 Å². The molecule has 0 saturated carbocycles. The maximum Gasteiger partial charge on any atom is 0.169 e. The summed E-state index contributed by atoms with van der Waals surface area (Å²) < 4.78 is 32.6. The van der Waals surface area contributed by atoms with E-state index in [9.17, 15) is 8.78 Å². The molecule has 2 aromatic carbocycles. The molecule has 2 aromatic rings. The first-order valence-electron chi connectivity index (χ1n) is 6.14. The molecular formula is C15H11BrF2OS. The zero-order chi connectivity index (χ0) is 14.1. The summed E-state index contributed by atoms with van der Waals surface area (Å²) in [5, 5.41) is 0. The Balaban J connectivity index is 1.76. The Labute approximate surface area is 128 Å². The van der Waals surface area contributed by atoms with Gasteiger partial charge in [0.1, 0.15) is 5.82 Å². The lowest BCUT2D eigenvalue weighted by Gasteiger charge is -2.14. The quantitative estimate of drug-likeness (QED) is 0.765. The number of ether oxygens (including phenoxy) is 1. The van der Waals surface area contributed by atoms with Crippen molar-refractivity contribution in [2.75, 3.05) is 12.4 Å². The molecule has 0 bridgehead atoms. The van der Waals surface area contributed by atoms with Crippen LogP contribution in [0.4, 0.5) is 8.78 Å². The van der Waals surface area contributed by atoms with E-state index in [4.69, 9.17) is 4.74 Å². The third kappa shape index (κ3) is 2.69. The highest BCUT2D eigenvalue weighted by Crippen LogP contribution is 2.40. The maximum absolute atomic E-state index is 13.7. The highest BCUT2D eigenvalue weighted by molar-refractivity contribution is 9.10. The van der Waals surface area contributed by atoms with Gasteiger partial charge < -0.3 is 4.74 Å². The van der Waals surface area contributed by atoms with Crippen LogP contribution in [0.1, 0.15) is 11.5 Å². The molecule has 0 fully saturated rings. The van der Waals surface area contributed by atoms with E-state index in [1.165, 1.54) is 16.5 Å². The van der Waals surface area contributed by atoms with Crippen molar-refractivity contribution in [3.05, 3.63) is 58.1 Å². The van der Waals surface area contributed by atoms with Crippen molar-refractivity contribution in [2.45, 2.75) is 10.8 Å². The first-order chi connectivity index (χ1) is 9.65. The van der Waals surface area contributed by atoms with Gasteiger partial charge in [-0.3, -0.25) is 0 Å². The van der Waals surface area contributed by atoms with Crippen LogP contribution in [0.2, 0.25) is 0 Å². The van der Waals surface area contributed by atoms with E-state index < -0.39 is 11.6 Å². The molecule has 0 radical (unpaired) electrons. The molecule has 1 atom stereocenters. The monoisotopic (exact) mass is 356 g/mol. The molecule has 5 heteroatoms.